The van der Waals surface area contributed by atoms with Gasteiger partial charge in [0, 0.05) is 11.6 Å². The number of ether oxygens (including phenoxy) is 1. The molecule has 1 aromatic carbocycles. The number of aromatic hydroxyl groups is 1. The number of hydrogen-bond donors (Lipinski definition) is 1. The van der Waals surface area contributed by atoms with Gasteiger partial charge in [-0.25, -0.2) is 4.79 Å². The number of aryl methyl sites for hydroxylation is 1. The molecule has 0 aromatic heterocycles. The number of rotatable bonds is 7. The van der Waals surface area contributed by atoms with Crippen molar-refractivity contribution in [2.45, 2.75) is 53.9 Å². The van der Waals surface area contributed by atoms with Crippen molar-refractivity contribution in [3.05, 3.63) is 58.7 Å². The third-order valence-electron chi connectivity index (χ3n) is 5.87. The lowest BCUT2D eigenvalue weighted by molar-refractivity contribution is -0.136. The normalized spacial score (nSPS) is 19.4. The van der Waals surface area contributed by atoms with E-state index in [9.17, 15) is 9.90 Å². The Labute approximate surface area is 163 Å². The van der Waals surface area contributed by atoms with E-state index in [1.165, 1.54) is 11.6 Å². The van der Waals surface area contributed by atoms with Gasteiger partial charge in [-0.3, -0.25) is 0 Å². The summed E-state index contributed by atoms with van der Waals surface area (Å²) in [5.74, 6) is 0.370. The highest BCUT2D eigenvalue weighted by Gasteiger charge is 2.33. The topological polar surface area (TPSA) is 46.5 Å². The SMILES string of the molecule is CCC(=CCC1CC=C(C)C1(C)C)COC(=O)C=Cc1cc(C)ccc1O. The van der Waals surface area contributed by atoms with Crippen LogP contribution < -0.4 is 0 Å². The molecule has 1 aliphatic rings. The molecule has 1 aromatic rings. The van der Waals surface area contributed by atoms with Crippen LogP contribution in [0.2, 0.25) is 0 Å². The van der Waals surface area contributed by atoms with E-state index in [4.69, 9.17) is 4.74 Å². The van der Waals surface area contributed by atoms with Gasteiger partial charge in [-0.2, -0.15) is 0 Å². The molecule has 0 saturated carbocycles. The predicted octanol–water partition coefficient (Wildman–Crippen LogP) is 5.98. The van der Waals surface area contributed by atoms with E-state index in [1.807, 2.05) is 19.1 Å². The maximum Gasteiger partial charge on any atom is 0.331 e. The highest BCUT2D eigenvalue weighted by Crippen LogP contribution is 2.44. The lowest BCUT2D eigenvalue weighted by Crippen LogP contribution is -2.20. The number of hydrogen-bond acceptors (Lipinski definition) is 3. The van der Waals surface area contributed by atoms with Gasteiger partial charge in [0.1, 0.15) is 12.4 Å². The molecule has 1 unspecified atom stereocenters. The van der Waals surface area contributed by atoms with E-state index in [1.54, 1.807) is 12.1 Å². The molecular formula is C24H32O3. The van der Waals surface area contributed by atoms with Crippen molar-refractivity contribution in [1.29, 1.82) is 0 Å². The van der Waals surface area contributed by atoms with Crippen molar-refractivity contribution >= 4 is 12.0 Å². The minimum Gasteiger partial charge on any atom is -0.507 e. The van der Waals surface area contributed by atoms with Crippen LogP contribution in [0.5, 0.6) is 5.75 Å². The van der Waals surface area contributed by atoms with Crippen LogP contribution in [0, 0.1) is 18.3 Å². The quantitative estimate of drug-likeness (QED) is 0.366. The Balaban J connectivity index is 1.89. The van der Waals surface area contributed by atoms with Gasteiger partial charge in [-0.1, -0.05) is 50.1 Å². The summed E-state index contributed by atoms with van der Waals surface area (Å²) in [6, 6.07) is 5.28. The number of carbonyl (C=O) groups is 1. The summed E-state index contributed by atoms with van der Waals surface area (Å²) in [6.07, 6.45) is 10.5. The first-order valence-corrected chi connectivity index (χ1v) is 9.73. The molecule has 0 radical (unpaired) electrons. The molecular weight excluding hydrogens is 336 g/mol. The fourth-order valence-corrected chi connectivity index (χ4v) is 3.38. The van der Waals surface area contributed by atoms with E-state index < -0.39 is 5.97 Å². The molecule has 0 heterocycles. The Morgan fingerprint density at radius 2 is 2.07 bits per heavy atom. The number of carbonyl (C=O) groups excluding carboxylic acids is 1. The van der Waals surface area contributed by atoms with Gasteiger partial charge in [0.15, 0.2) is 0 Å². The molecule has 146 valence electrons. The summed E-state index contributed by atoms with van der Waals surface area (Å²) < 4.78 is 5.39. The minimum absolute atomic E-state index is 0.155. The zero-order valence-electron chi connectivity index (χ0n) is 17.2. The monoisotopic (exact) mass is 368 g/mol. The molecule has 1 N–H and O–H groups in total. The van der Waals surface area contributed by atoms with Crippen molar-refractivity contribution in [3.63, 3.8) is 0 Å². The Hall–Kier alpha value is -2.29. The van der Waals surface area contributed by atoms with E-state index in [-0.39, 0.29) is 11.2 Å². The van der Waals surface area contributed by atoms with Gasteiger partial charge in [0.2, 0.25) is 0 Å². The van der Waals surface area contributed by atoms with Crippen molar-refractivity contribution in [2.24, 2.45) is 11.3 Å². The van der Waals surface area contributed by atoms with Gasteiger partial charge in [-0.05, 0) is 68.2 Å². The van der Waals surface area contributed by atoms with Crippen LogP contribution in [-0.2, 0) is 9.53 Å². The van der Waals surface area contributed by atoms with Crippen LogP contribution in [0.15, 0.2) is 47.6 Å². The van der Waals surface area contributed by atoms with Crippen LogP contribution in [0.25, 0.3) is 6.08 Å². The van der Waals surface area contributed by atoms with E-state index in [0.29, 0.717) is 18.1 Å². The molecule has 3 nitrogen and oxygen atoms in total. The largest absolute Gasteiger partial charge is 0.507 e. The Kier molecular flexibility index (Phi) is 7.06. The maximum atomic E-state index is 12.0. The fraction of sp³-hybridized carbons (Fsp3) is 0.458. The lowest BCUT2D eigenvalue weighted by Gasteiger charge is -2.29. The maximum absolute atomic E-state index is 12.0. The predicted molar refractivity (Wildman–Crippen MR) is 111 cm³/mol. The zero-order valence-corrected chi connectivity index (χ0v) is 17.2. The highest BCUT2D eigenvalue weighted by molar-refractivity contribution is 5.87. The van der Waals surface area contributed by atoms with E-state index >= 15 is 0 Å². The molecule has 3 heteroatoms. The van der Waals surface area contributed by atoms with Crippen molar-refractivity contribution in [1.82, 2.24) is 0 Å². The molecule has 1 aliphatic carbocycles. The van der Waals surface area contributed by atoms with Crippen LogP contribution in [0.3, 0.4) is 0 Å². The second kappa shape index (κ2) is 9.07. The average molecular weight is 369 g/mol. The minimum atomic E-state index is -0.394. The Morgan fingerprint density at radius 1 is 1.33 bits per heavy atom. The third kappa shape index (κ3) is 5.59. The molecule has 0 spiro atoms. The smallest absolute Gasteiger partial charge is 0.331 e. The summed E-state index contributed by atoms with van der Waals surface area (Å²) in [5.41, 5.74) is 4.50. The number of benzene rings is 1. The van der Waals surface area contributed by atoms with Gasteiger partial charge in [0.05, 0.1) is 0 Å². The summed E-state index contributed by atoms with van der Waals surface area (Å²) in [5, 5.41) is 9.82. The molecule has 0 bridgehead atoms. The van der Waals surface area contributed by atoms with Crippen molar-refractivity contribution < 1.29 is 14.6 Å². The van der Waals surface area contributed by atoms with Crippen LogP contribution in [0.4, 0.5) is 0 Å². The zero-order chi connectivity index (χ0) is 20.0. The molecule has 0 aliphatic heterocycles. The number of phenols is 1. The average Bonchev–Trinajstić information content (AvgIpc) is 2.89. The Bertz CT molecular complexity index is 766. The van der Waals surface area contributed by atoms with Crippen molar-refractivity contribution in [3.8, 4) is 5.75 Å². The molecule has 0 saturated heterocycles. The second-order valence-corrected chi connectivity index (χ2v) is 8.00. The molecule has 2 rings (SSSR count). The fourth-order valence-electron chi connectivity index (χ4n) is 3.38. The first-order valence-electron chi connectivity index (χ1n) is 9.73. The standard InChI is InChI=1S/C24H32O3/c1-6-19(9-12-21-11-8-18(3)24(21,4)5)16-27-23(26)14-10-20-15-17(2)7-13-22(20)25/h7-10,13-15,21,25H,6,11-12,16H2,1-5H3. The lowest BCUT2D eigenvalue weighted by atomic mass is 9.76. The number of esters is 1. The van der Waals surface area contributed by atoms with Gasteiger partial charge >= 0.3 is 5.97 Å². The van der Waals surface area contributed by atoms with Gasteiger partial charge in [-0.15, -0.1) is 0 Å². The first kappa shape index (κ1) is 21.0. The van der Waals surface area contributed by atoms with Gasteiger partial charge in [0.25, 0.3) is 0 Å². The summed E-state index contributed by atoms with van der Waals surface area (Å²) >= 11 is 0. The van der Waals surface area contributed by atoms with Crippen LogP contribution in [-0.4, -0.2) is 17.7 Å². The summed E-state index contributed by atoms with van der Waals surface area (Å²) in [7, 11) is 0. The van der Waals surface area contributed by atoms with Gasteiger partial charge < -0.3 is 9.84 Å². The number of allylic oxidation sites excluding steroid dienone is 3. The molecule has 1 atom stereocenters. The van der Waals surface area contributed by atoms with E-state index in [0.717, 1.165) is 30.4 Å². The molecule has 27 heavy (non-hydrogen) atoms. The third-order valence-corrected chi connectivity index (χ3v) is 5.87. The molecule has 0 amide bonds. The van der Waals surface area contributed by atoms with Crippen molar-refractivity contribution in [2.75, 3.05) is 6.61 Å². The molecule has 0 fully saturated rings. The second-order valence-electron chi connectivity index (χ2n) is 8.00. The van der Waals surface area contributed by atoms with Crippen LogP contribution >= 0.6 is 0 Å². The summed E-state index contributed by atoms with van der Waals surface area (Å²) in [4.78, 5) is 12.0. The summed E-state index contributed by atoms with van der Waals surface area (Å²) in [6.45, 7) is 11.2. The first-order chi connectivity index (χ1) is 12.7. The van der Waals surface area contributed by atoms with E-state index in [2.05, 4.69) is 39.8 Å². The highest BCUT2D eigenvalue weighted by atomic mass is 16.5. The van der Waals surface area contributed by atoms with Crippen LogP contribution in [0.1, 0.15) is 58.1 Å². The number of phenolic OH excluding ortho intramolecular Hbond substituents is 1. The Morgan fingerprint density at radius 3 is 2.70 bits per heavy atom.